The summed E-state index contributed by atoms with van der Waals surface area (Å²) in [6.07, 6.45) is 0. The average Bonchev–Trinajstić information content (AvgIpc) is 2.23. The molecule has 0 aliphatic heterocycles. The maximum atomic E-state index is 13.8. The lowest BCUT2D eigenvalue weighted by atomic mass is 10.1. The van der Waals surface area contributed by atoms with E-state index in [1.807, 2.05) is 18.7 Å². The Morgan fingerprint density at radius 3 is 2.67 bits per heavy atom. The van der Waals surface area contributed by atoms with Gasteiger partial charge in [0.25, 0.3) is 0 Å². The van der Waals surface area contributed by atoms with Crippen molar-refractivity contribution < 1.29 is 9.18 Å². The number of primary amides is 1. The molecule has 0 heterocycles. The first-order chi connectivity index (χ1) is 8.40. The highest BCUT2D eigenvalue weighted by atomic mass is 19.1. The van der Waals surface area contributed by atoms with Crippen molar-refractivity contribution in [3.8, 4) is 0 Å². The minimum atomic E-state index is -0.421. The van der Waals surface area contributed by atoms with Crippen LogP contribution in [0.1, 0.15) is 19.4 Å². The molecule has 0 spiro atoms. The number of nitrogens with two attached hydrogens (primary N) is 2. The van der Waals surface area contributed by atoms with Crippen molar-refractivity contribution in [3.63, 3.8) is 0 Å². The fraction of sp³-hybridized carbons (Fsp3) is 0.462. The SMILES string of the molecule is CC(C)CN(CC(N)=O)Cc1cccc(N)c1F. The second kappa shape index (κ2) is 6.35. The van der Waals surface area contributed by atoms with Gasteiger partial charge in [-0.15, -0.1) is 0 Å². The third-order valence-corrected chi connectivity index (χ3v) is 2.51. The van der Waals surface area contributed by atoms with Gasteiger partial charge < -0.3 is 11.5 Å². The molecular weight excluding hydrogens is 233 g/mol. The van der Waals surface area contributed by atoms with Crippen LogP contribution >= 0.6 is 0 Å². The zero-order valence-electron chi connectivity index (χ0n) is 10.8. The van der Waals surface area contributed by atoms with Crippen LogP contribution in [0.4, 0.5) is 10.1 Å². The number of hydrogen-bond acceptors (Lipinski definition) is 3. The van der Waals surface area contributed by atoms with Gasteiger partial charge >= 0.3 is 0 Å². The Labute approximate surface area is 107 Å². The van der Waals surface area contributed by atoms with Crippen LogP contribution in [0.3, 0.4) is 0 Å². The van der Waals surface area contributed by atoms with Crippen LogP contribution in [0.15, 0.2) is 18.2 Å². The highest BCUT2D eigenvalue weighted by molar-refractivity contribution is 5.75. The largest absolute Gasteiger partial charge is 0.396 e. The monoisotopic (exact) mass is 253 g/mol. The van der Waals surface area contributed by atoms with E-state index >= 15 is 0 Å². The number of benzene rings is 1. The van der Waals surface area contributed by atoms with E-state index in [1.165, 1.54) is 6.07 Å². The summed E-state index contributed by atoms with van der Waals surface area (Å²) < 4.78 is 13.8. The van der Waals surface area contributed by atoms with Gasteiger partial charge in [-0.25, -0.2) is 4.39 Å². The van der Waals surface area contributed by atoms with E-state index in [-0.39, 0.29) is 12.2 Å². The Morgan fingerprint density at radius 1 is 1.44 bits per heavy atom. The Bertz CT molecular complexity index is 421. The van der Waals surface area contributed by atoms with Crippen molar-refractivity contribution in [2.24, 2.45) is 11.7 Å². The smallest absolute Gasteiger partial charge is 0.231 e. The Kier molecular flexibility index (Phi) is 5.09. The highest BCUT2D eigenvalue weighted by Gasteiger charge is 2.14. The van der Waals surface area contributed by atoms with E-state index in [4.69, 9.17) is 11.5 Å². The summed E-state index contributed by atoms with van der Waals surface area (Å²) in [7, 11) is 0. The molecule has 0 unspecified atom stereocenters. The molecule has 1 rings (SSSR count). The maximum absolute atomic E-state index is 13.8. The summed E-state index contributed by atoms with van der Waals surface area (Å²) in [5.74, 6) is -0.468. The van der Waals surface area contributed by atoms with Crippen LogP contribution in [-0.4, -0.2) is 23.9 Å². The van der Waals surface area contributed by atoms with Gasteiger partial charge in [0.2, 0.25) is 5.91 Å². The topological polar surface area (TPSA) is 72.3 Å². The zero-order chi connectivity index (χ0) is 13.7. The van der Waals surface area contributed by atoms with Gasteiger partial charge in [-0.05, 0) is 12.0 Å². The number of carbonyl (C=O) groups is 1. The fourth-order valence-electron chi connectivity index (χ4n) is 1.88. The van der Waals surface area contributed by atoms with Gasteiger partial charge in [-0.1, -0.05) is 26.0 Å². The first kappa shape index (κ1) is 14.4. The number of nitrogens with zero attached hydrogens (tertiary/aromatic N) is 1. The molecule has 0 aromatic heterocycles. The summed E-state index contributed by atoms with van der Waals surface area (Å²) in [5, 5.41) is 0. The van der Waals surface area contributed by atoms with Crippen molar-refractivity contribution >= 4 is 11.6 Å². The lowest BCUT2D eigenvalue weighted by Crippen LogP contribution is -2.36. The standard InChI is InChI=1S/C13H20FN3O/c1-9(2)6-17(8-12(16)18)7-10-4-3-5-11(15)13(10)14/h3-5,9H,6-8,15H2,1-2H3,(H2,16,18). The summed E-state index contributed by atoms with van der Waals surface area (Å²) in [6, 6.07) is 4.88. The van der Waals surface area contributed by atoms with Crippen molar-refractivity contribution in [2.45, 2.75) is 20.4 Å². The quantitative estimate of drug-likeness (QED) is 0.752. The van der Waals surface area contributed by atoms with E-state index in [1.54, 1.807) is 12.1 Å². The zero-order valence-corrected chi connectivity index (χ0v) is 10.8. The number of halogens is 1. The molecular formula is C13H20FN3O. The second-order valence-electron chi connectivity index (χ2n) is 4.85. The molecule has 100 valence electrons. The molecule has 0 atom stereocenters. The first-order valence-corrected chi connectivity index (χ1v) is 5.93. The van der Waals surface area contributed by atoms with Crippen LogP contribution in [-0.2, 0) is 11.3 Å². The number of rotatable bonds is 6. The molecule has 0 saturated carbocycles. The van der Waals surface area contributed by atoms with Gasteiger partial charge in [-0.3, -0.25) is 9.69 Å². The predicted octanol–water partition coefficient (Wildman–Crippen LogP) is 1.35. The van der Waals surface area contributed by atoms with Crippen molar-refractivity contribution in [1.82, 2.24) is 4.90 Å². The number of hydrogen-bond donors (Lipinski definition) is 2. The van der Waals surface area contributed by atoms with E-state index in [9.17, 15) is 9.18 Å². The van der Waals surface area contributed by atoms with Crippen LogP contribution in [0.25, 0.3) is 0 Å². The molecule has 0 aliphatic rings. The molecule has 0 radical (unpaired) electrons. The molecule has 0 fully saturated rings. The lowest BCUT2D eigenvalue weighted by Gasteiger charge is -2.23. The van der Waals surface area contributed by atoms with E-state index in [0.717, 1.165) is 0 Å². The Hall–Kier alpha value is -1.62. The van der Waals surface area contributed by atoms with Gasteiger partial charge in [-0.2, -0.15) is 0 Å². The van der Waals surface area contributed by atoms with Gasteiger partial charge in [0.05, 0.1) is 12.2 Å². The molecule has 1 amide bonds. The van der Waals surface area contributed by atoms with Crippen LogP contribution in [0.2, 0.25) is 0 Å². The van der Waals surface area contributed by atoms with Crippen LogP contribution in [0, 0.1) is 11.7 Å². The molecule has 1 aromatic carbocycles. The van der Waals surface area contributed by atoms with Crippen LogP contribution < -0.4 is 11.5 Å². The van der Waals surface area contributed by atoms with Gasteiger partial charge in [0.1, 0.15) is 0 Å². The summed E-state index contributed by atoms with van der Waals surface area (Å²) >= 11 is 0. The second-order valence-corrected chi connectivity index (χ2v) is 4.85. The summed E-state index contributed by atoms with van der Waals surface area (Å²) in [6.45, 7) is 5.19. The Balaban J connectivity index is 2.81. The third-order valence-electron chi connectivity index (χ3n) is 2.51. The summed E-state index contributed by atoms with van der Waals surface area (Å²) in [5.41, 5.74) is 11.3. The van der Waals surface area contributed by atoms with Crippen molar-refractivity contribution in [3.05, 3.63) is 29.6 Å². The fourth-order valence-corrected chi connectivity index (χ4v) is 1.88. The minimum Gasteiger partial charge on any atom is -0.396 e. The number of anilines is 1. The minimum absolute atomic E-state index is 0.117. The maximum Gasteiger partial charge on any atom is 0.231 e. The molecule has 4 N–H and O–H groups in total. The molecule has 0 bridgehead atoms. The average molecular weight is 253 g/mol. The molecule has 18 heavy (non-hydrogen) atoms. The molecule has 0 aliphatic carbocycles. The molecule has 4 nitrogen and oxygen atoms in total. The number of nitrogen functional groups attached to an aromatic ring is 1. The van der Waals surface area contributed by atoms with E-state index in [0.29, 0.717) is 24.6 Å². The lowest BCUT2D eigenvalue weighted by molar-refractivity contribution is -0.119. The van der Waals surface area contributed by atoms with Crippen molar-refractivity contribution in [2.75, 3.05) is 18.8 Å². The molecule has 0 saturated heterocycles. The third kappa shape index (κ3) is 4.33. The molecule has 1 aromatic rings. The van der Waals surface area contributed by atoms with Gasteiger partial charge in [0, 0.05) is 18.7 Å². The van der Waals surface area contributed by atoms with Crippen LogP contribution in [0.5, 0.6) is 0 Å². The first-order valence-electron chi connectivity index (χ1n) is 5.93. The normalized spacial score (nSPS) is 11.2. The molecule has 5 heteroatoms. The van der Waals surface area contributed by atoms with Gasteiger partial charge in [0.15, 0.2) is 5.82 Å². The summed E-state index contributed by atoms with van der Waals surface area (Å²) in [4.78, 5) is 12.8. The number of carbonyl (C=O) groups excluding carboxylic acids is 1. The Morgan fingerprint density at radius 2 is 2.11 bits per heavy atom. The predicted molar refractivity (Wildman–Crippen MR) is 70.1 cm³/mol. The van der Waals surface area contributed by atoms with E-state index in [2.05, 4.69) is 0 Å². The number of amides is 1. The highest BCUT2D eigenvalue weighted by Crippen LogP contribution is 2.17. The van der Waals surface area contributed by atoms with Crippen molar-refractivity contribution in [1.29, 1.82) is 0 Å². The van der Waals surface area contributed by atoms with E-state index < -0.39 is 11.7 Å².